The van der Waals surface area contributed by atoms with Crippen LogP contribution in [0.3, 0.4) is 0 Å². The number of carbonyl (C=O) groups excluding carboxylic acids is 1. The lowest BCUT2D eigenvalue weighted by molar-refractivity contribution is 0.0575. The van der Waals surface area contributed by atoms with Gasteiger partial charge in [-0.1, -0.05) is 23.7 Å². The Morgan fingerprint density at radius 2 is 2.04 bits per heavy atom. The van der Waals surface area contributed by atoms with E-state index in [1.165, 1.54) is 0 Å². The Labute approximate surface area is 170 Å². The highest BCUT2D eigenvalue weighted by Crippen LogP contribution is 2.27. The molecule has 0 saturated carbocycles. The van der Waals surface area contributed by atoms with Crippen molar-refractivity contribution in [1.29, 1.82) is 5.26 Å². The number of halogens is 1. The van der Waals surface area contributed by atoms with Crippen LogP contribution in [0.15, 0.2) is 42.5 Å². The number of carbonyl (C=O) groups is 1. The van der Waals surface area contributed by atoms with Crippen molar-refractivity contribution in [3.05, 3.63) is 64.2 Å². The number of likely N-dealkylation sites (tertiary alicyclic amines) is 1. The molecule has 1 atom stereocenters. The van der Waals surface area contributed by atoms with E-state index in [1.807, 2.05) is 17.0 Å². The van der Waals surface area contributed by atoms with Crippen LogP contribution in [0.5, 0.6) is 0 Å². The number of aliphatic hydroxyl groups excluding tert-OH is 1. The summed E-state index contributed by atoms with van der Waals surface area (Å²) in [5.41, 5.74) is 2.90. The van der Waals surface area contributed by atoms with E-state index in [4.69, 9.17) is 16.9 Å². The molecule has 2 aromatic carbocycles. The number of hydrogen-bond acceptors (Lipinski definition) is 4. The molecule has 5 nitrogen and oxygen atoms in total. The standard InChI is InChI=1S/C22H24ClN3O2/c23-18-8-9-20(22(28)26-11-2-1-3-19(26)10-12-27)21(13-18)25-15-17-6-4-16(14-24)5-7-17/h4-9,13,19,25,27H,1-3,10-12,15H2. The summed E-state index contributed by atoms with van der Waals surface area (Å²) in [5, 5.41) is 22.1. The van der Waals surface area contributed by atoms with Crippen molar-refractivity contribution in [3.63, 3.8) is 0 Å². The lowest BCUT2D eigenvalue weighted by Gasteiger charge is -2.36. The van der Waals surface area contributed by atoms with Gasteiger partial charge in [-0.05, 0) is 61.6 Å². The van der Waals surface area contributed by atoms with E-state index in [1.54, 1.807) is 30.3 Å². The summed E-state index contributed by atoms with van der Waals surface area (Å²) in [4.78, 5) is 15.1. The zero-order valence-electron chi connectivity index (χ0n) is 15.7. The van der Waals surface area contributed by atoms with E-state index >= 15 is 0 Å². The smallest absolute Gasteiger partial charge is 0.256 e. The minimum atomic E-state index is -0.0304. The van der Waals surface area contributed by atoms with Gasteiger partial charge >= 0.3 is 0 Å². The van der Waals surface area contributed by atoms with Crippen molar-refractivity contribution in [1.82, 2.24) is 4.90 Å². The van der Waals surface area contributed by atoms with E-state index < -0.39 is 0 Å². The van der Waals surface area contributed by atoms with Crippen LogP contribution in [-0.2, 0) is 6.54 Å². The van der Waals surface area contributed by atoms with Crippen LogP contribution >= 0.6 is 11.6 Å². The maximum Gasteiger partial charge on any atom is 0.256 e. The fraction of sp³-hybridized carbons (Fsp3) is 0.364. The number of nitrogens with zero attached hydrogens (tertiary/aromatic N) is 2. The molecule has 0 bridgehead atoms. The van der Waals surface area contributed by atoms with Crippen LogP contribution < -0.4 is 5.32 Å². The van der Waals surface area contributed by atoms with E-state index in [0.717, 1.165) is 24.8 Å². The molecular weight excluding hydrogens is 374 g/mol. The molecule has 1 amide bonds. The first kappa shape index (κ1) is 20.2. The van der Waals surface area contributed by atoms with Gasteiger partial charge in [0.1, 0.15) is 0 Å². The minimum absolute atomic E-state index is 0.0304. The zero-order chi connectivity index (χ0) is 19.9. The van der Waals surface area contributed by atoms with Gasteiger partial charge in [0.05, 0.1) is 17.2 Å². The summed E-state index contributed by atoms with van der Waals surface area (Å²) in [6, 6.07) is 14.8. The molecule has 0 aliphatic carbocycles. The Morgan fingerprint density at radius 3 is 2.75 bits per heavy atom. The Bertz CT molecular complexity index is 859. The first-order valence-corrected chi connectivity index (χ1v) is 9.94. The summed E-state index contributed by atoms with van der Waals surface area (Å²) in [6.45, 7) is 1.31. The number of nitriles is 1. The fourth-order valence-corrected chi connectivity index (χ4v) is 3.79. The predicted molar refractivity (Wildman–Crippen MR) is 110 cm³/mol. The zero-order valence-corrected chi connectivity index (χ0v) is 16.5. The summed E-state index contributed by atoms with van der Waals surface area (Å²) >= 11 is 6.17. The van der Waals surface area contributed by atoms with Crippen molar-refractivity contribution in [3.8, 4) is 6.07 Å². The molecule has 3 rings (SSSR count). The van der Waals surface area contributed by atoms with Gasteiger partial charge in [-0.25, -0.2) is 0 Å². The Kier molecular flexibility index (Phi) is 6.91. The molecular formula is C22H24ClN3O2. The lowest BCUT2D eigenvalue weighted by Crippen LogP contribution is -2.44. The predicted octanol–water partition coefficient (Wildman–Crippen LogP) is 4.20. The molecule has 0 radical (unpaired) electrons. The number of amides is 1. The third-order valence-corrected chi connectivity index (χ3v) is 5.36. The van der Waals surface area contributed by atoms with Crippen molar-refractivity contribution in [2.75, 3.05) is 18.5 Å². The molecule has 1 aliphatic heterocycles. The molecule has 2 aromatic rings. The number of aliphatic hydroxyl groups is 1. The normalized spacial score (nSPS) is 16.5. The van der Waals surface area contributed by atoms with Gasteiger partial charge in [-0.2, -0.15) is 5.26 Å². The number of piperidine rings is 1. The van der Waals surface area contributed by atoms with Gasteiger partial charge < -0.3 is 15.3 Å². The molecule has 1 fully saturated rings. The van der Waals surface area contributed by atoms with E-state index in [2.05, 4.69) is 11.4 Å². The molecule has 0 aromatic heterocycles. The maximum atomic E-state index is 13.2. The van der Waals surface area contributed by atoms with Crippen LogP contribution in [0.2, 0.25) is 5.02 Å². The average molecular weight is 398 g/mol. The quantitative estimate of drug-likeness (QED) is 0.765. The van der Waals surface area contributed by atoms with Gasteiger partial charge in [0.15, 0.2) is 0 Å². The minimum Gasteiger partial charge on any atom is -0.396 e. The molecule has 1 aliphatic rings. The Balaban J connectivity index is 1.79. The summed E-state index contributed by atoms with van der Waals surface area (Å²) in [5.74, 6) is -0.0304. The molecule has 0 spiro atoms. The molecule has 146 valence electrons. The maximum absolute atomic E-state index is 13.2. The molecule has 1 unspecified atom stereocenters. The second kappa shape index (κ2) is 9.59. The lowest BCUT2D eigenvalue weighted by atomic mass is 9.98. The monoisotopic (exact) mass is 397 g/mol. The van der Waals surface area contributed by atoms with Gasteiger partial charge in [-0.3, -0.25) is 4.79 Å². The SMILES string of the molecule is N#Cc1ccc(CNc2cc(Cl)ccc2C(=O)N2CCCCC2CCO)cc1. The number of nitrogens with one attached hydrogen (secondary N) is 1. The van der Waals surface area contributed by atoms with Gasteiger partial charge in [0.2, 0.25) is 0 Å². The summed E-state index contributed by atoms with van der Waals surface area (Å²) < 4.78 is 0. The van der Waals surface area contributed by atoms with Crippen LogP contribution in [0.4, 0.5) is 5.69 Å². The first-order chi connectivity index (χ1) is 13.6. The molecule has 1 saturated heterocycles. The van der Waals surface area contributed by atoms with Gasteiger partial charge in [0, 0.05) is 36.4 Å². The third kappa shape index (κ3) is 4.83. The fourth-order valence-electron chi connectivity index (χ4n) is 3.62. The summed E-state index contributed by atoms with van der Waals surface area (Å²) in [6.07, 6.45) is 3.59. The average Bonchev–Trinajstić information content (AvgIpc) is 2.73. The molecule has 1 heterocycles. The van der Waals surface area contributed by atoms with Gasteiger partial charge in [-0.15, -0.1) is 0 Å². The van der Waals surface area contributed by atoms with E-state index in [-0.39, 0.29) is 18.6 Å². The van der Waals surface area contributed by atoms with Crippen LogP contribution in [0.1, 0.15) is 47.2 Å². The molecule has 28 heavy (non-hydrogen) atoms. The number of anilines is 1. The molecule has 2 N–H and O–H groups in total. The van der Waals surface area contributed by atoms with Crippen molar-refractivity contribution < 1.29 is 9.90 Å². The second-order valence-electron chi connectivity index (χ2n) is 7.01. The summed E-state index contributed by atoms with van der Waals surface area (Å²) in [7, 11) is 0. The van der Waals surface area contributed by atoms with Crippen LogP contribution in [0.25, 0.3) is 0 Å². The number of hydrogen-bond donors (Lipinski definition) is 2. The Hall–Kier alpha value is -2.55. The largest absolute Gasteiger partial charge is 0.396 e. The second-order valence-corrected chi connectivity index (χ2v) is 7.45. The number of benzene rings is 2. The topological polar surface area (TPSA) is 76.4 Å². The van der Waals surface area contributed by atoms with E-state index in [0.29, 0.717) is 41.3 Å². The highest BCUT2D eigenvalue weighted by atomic mass is 35.5. The number of rotatable bonds is 6. The molecule has 6 heteroatoms. The van der Waals surface area contributed by atoms with Crippen molar-refractivity contribution in [2.24, 2.45) is 0 Å². The van der Waals surface area contributed by atoms with E-state index in [9.17, 15) is 9.90 Å². The first-order valence-electron chi connectivity index (χ1n) is 9.56. The third-order valence-electron chi connectivity index (χ3n) is 5.13. The highest BCUT2D eigenvalue weighted by molar-refractivity contribution is 6.31. The van der Waals surface area contributed by atoms with Crippen LogP contribution in [0, 0.1) is 11.3 Å². The Morgan fingerprint density at radius 1 is 1.25 bits per heavy atom. The van der Waals surface area contributed by atoms with Crippen molar-refractivity contribution >= 4 is 23.2 Å². The van der Waals surface area contributed by atoms with Crippen molar-refractivity contribution in [2.45, 2.75) is 38.3 Å². The highest BCUT2D eigenvalue weighted by Gasteiger charge is 2.28. The van der Waals surface area contributed by atoms with Crippen LogP contribution in [-0.4, -0.2) is 35.1 Å². The van der Waals surface area contributed by atoms with Gasteiger partial charge in [0.25, 0.3) is 5.91 Å².